The van der Waals surface area contributed by atoms with Crippen molar-refractivity contribution < 1.29 is 9.32 Å². The molecule has 114 valence electrons. The van der Waals surface area contributed by atoms with Gasteiger partial charge in [0.1, 0.15) is 0 Å². The van der Waals surface area contributed by atoms with Crippen molar-refractivity contribution in [2.75, 3.05) is 5.32 Å². The molecule has 9 heteroatoms. The number of aryl methyl sites for hydroxylation is 1. The Morgan fingerprint density at radius 1 is 1.36 bits per heavy atom. The monoisotopic (exact) mass is 335 g/mol. The average Bonchev–Trinajstić information content (AvgIpc) is 3.20. The number of carbonyl (C=O) groups excluding carboxylic acids is 1. The van der Waals surface area contributed by atoms with Crippen molar-refractivity contribution in [1.82, 2.24) is 20.4 Å². The van der Waals surface area contributed by atoms with E-state index < -0.39 is 0 Å². The molecule has 2 amide bonds. The maximum absolute atomic E-state index is 11.8. The molecule has 3 heterocycles. The molecule has 0 aliphatic rings. The predicted molar refractivity (Wildman–Crippen MR) is 84.1 cm³/mol. The summed E-state index contributed by atoms with van der Waals surface area (Å²) in [4.78, 5) is 21.3. The second kappa shape index (κ2) is 6.67. The number of urea groups is 1. The Balaban J connectivity index is 1.51. The number of nitrogens with one attached hydrogen (secondary N) is 2. The highest BCUT2D eigenvalue weighted by Crippen LogP contribution is 2.17. The number of amides is 2. The highest BCUT2D eigenvalue weighted by atomic mass is 32.1. The molecule has 2 N–H and O–H groups in total. The van der Waals surface area contributed by atoms with Crippen LogP contribution < -0.4 is 10.6 Å². The van der Waals surface area contributed by atoms with Gasteiger partial charge in [0.2, 0.25) is 5.89 Å². The van der Waals surface area contributed by atoms with Gasteiger partial charge in [-0.2, -0.15) is 4.98 Å². The topological polar surface area (TPSA) is 92.9 Å². The summed E-state index contributed by atoms with van der Waals surface area (Å²) in [5.41, 5.74) is 0.780. The van der Waals surface area contributed by atoms with Crippen molar-refractivity contribution in [3.8, 4) is 0 Å². The molecule has 0 bridgehead atoms. The molecule has 0 aromatic carbocycles. The Morgan fingerprint density at radius 2 is 2.27 bits per heavy atom. The number of anilines is 1. The molecule has 0 atom stereocenters. The van der Waals surface area contributed by atoms with Gasteiger partial charge in [0.05, 0.1) is 18.7 Å². The van der Waals surface area contributed by atoms with E-state index in [0.717, 1.165) is 10.6 Å². The maximum Gasteiger partial charge on any atom is 0.321 e. The van der Waals surface area contributed by atoms with E-state index in [4.69, 9.17) is 4.52 Å². The molecule has 3 aromatic heterocycles. The summed E-state index contributed by atoms with van der Waals surface area (Å²) >= 11 is 2.96. The molecule has 22 heavy (non-hydrogen) atoms. The van der Waals surface area contributed by atoms with Gasteiger partial charge in [0.15, 0.2) is 11.0 Å². The summed E-state index contributed by atoms with van der Waals surface area (Å²) < 4.78 is 5.04. The molecule has 3 aromatic rings. The largest absolute Gasteiger partial charge is 0.339 e. The third-order valence-corrected chi connectivity index (χ3v) is 4.36. The number of thiophene rings is 1. The first kappa shape index (κ1) is 14.7. The molecule has 7 nitrogen and oxygen atoms in total. The molecule has 0 aliphatic carbocycles. The fraction of sp³-hybridized carbons (Fsp3) is 0.231. The molecular formula is C13H13N5O2S2. The van der Waals surface area contributed by atoms with Crippen LogP contribution in [0.15, 0.2) is 27.4 Å². The van der Waals surface area contributed by atoms with Crippen molar-refractivity contribution in [3.63, 3.8) is 0 Å². The van der Waals surface area contributed by atoms with Crippen LogP contribution in [0.5, 0.6) is 0 Å². The van der Waals surface area contributed by atoms with Crippen LogP contribution >= 0.6 is 22.7 Å². The zero-order chi connectivity index (χ0) is 15.4. The number of rotatable bonds is 5. The normalized spacial score (nSPS) is 10.6. The van der Waals surface area contributed by atoms with E-state index in [1.165, 1.54) is 11.3 Å². The summed E-state index contributed by atoms with van der Waals surface area (Å²) in [6.45, 7) is 2.27. The van der Waals surface area contributed by atoms with E-state index in [1.807, 2.05) is 22.9 Å². The van der Waals surface area contributed by atoms with Gasteiger partial charge >= 0.3 is 6.03 Å². The van der Waals surface area contributed by atoms with Gasteiger partial charge in [-0.1, -0.05) is 11.2 Å². The fourth-order valence-electron chi connectivity index (χ4n) is 1.73. The van der Waals surface area contributed by atoms with E-state index in [0.29, 0.717) is 29.8 Å². The van der Waals surface area contributed by atoms with Gasteiger partial charge in [-0.3, -0.25) is 5.32 Å². The molecule has 0 unspecified atom stereocenters. The minimum absolute atomic E-state index is 0.275. The van der Waals surface area contributed by atoms with Gasteiger partial charge in [0, 0.05) is 10.3 Å². The Labute approximate surface area is 134 Å². The van der Waals surface area contributed by atoms with Crippen LogP contribution in [0.25, 0.3) is 0 Å². The zero-order valence-electron chi connectivity index (χ0n) is 11.7. The second-order valence-electron chi connectivity index (χ2n) is 4.44. The second-order valence-corrected chi connectivity index (χ2v) is 6.33. The van der Waals surface area contributed by atoms with Crippen molar-refractivity contribution in [2.24, 2.45) is 0 Å². The lowest BCUT2D eigenvalue weighted by Crippen LogP contribution is -2.27. The number of carbonyl (C=O) groups is 1. The van der Waals surface area contributed by atoms with E-state index in [-0.39, 0.29) is 6.03 Å². The fourth-order valence-corrected chi connectivity index (χ4v) is 3.08. The molecule has 0 radical (unpaired) electrons. The molecule has 0 spiro atoms. The standard InChI is InChI=1S/C13H13N5O2S2/c1-8-15-11(20-18-8)5-9-7-22-13(16-9)17-12(19)14-6-10-3-2-4-21-10/h2-4,7H,5-6H2,1H3,(H2,14,16,17,19). The number of thiazole rings is 1. The number of nitrogens with zero attached hydrogens (tertiary/aromatic N) is 3. The molecule has 3 rings (SSSR count). The smallest absolute Gasteiger partial charge is 0.321 e. The summed E-state index contributed by atoms with van der Waals surface area (Å²) in [6.07, 6.45) is 0.454. The van der Waals surface area contributed by atoms with E-state index in [1.54, 1.807) is 18.3 Å². The molecule has 0 fully saturated rings. The van der Waals surface area contributed by atoms with Crippen molar-refractivity contribution in [3.05, 3.63) is 45.2 Å². The molecular weight excluding hydrogens is 322 g/mol. The Kier molecular flexibility index (Phi) is 4.45. The first-order valence-corrected chi connectivity index (χ1v) is 8.26. The summed E-state index contributed by atoms with van der Waals surface area (Å²) in [6, 6.07) is 3.65. The van der Waals surface area contributed by atoms with E-state index >= 15 is 0 Å². The summed E-state index contributed by atoms with van der Waals surface area (Å²) in [5.74, 6) is 1.10. The number of hydrogen-bond acceptors (Lipinski definition) is 7. The molecule has 0 saturated carbocycles. The third-order valence-electron chi connectivity index (χ3n) is 2.68. The molecule has 0 saturated heterocycles. The minimum atomic E-state index is -0.275. The third kappa shape index (κ3) is 3.89. The maximum atomic E-state index is 11.8. The summed E-state index contributed by atoms with van der Waals surface area (Å²) in [7, 11) is 0. The lowest BCUT2D eigenvalue weighted by Gasteiger charge is -2.03. The number of hydrogen-bond donors (Lipinski definition) is 2. The van der Waals surface area contributed by atoms with Crippen molar-refractivity contribution in [1.29, 1.82) is 0 Å². The summed E-state index contributed by atoms with van der Waals surface area (Å²) in [5, 5.41) is 13.6. The quantitative estimate of drug-likeness (QED) is 0.748. The Hall–Kier alpha value is -2.26. The number of aromatic nitrogens is 3. The first-order chi connectivity index (χ1) is 10.7. The van der Waals surface area contributed by atoms with Crippen LogP contribution in [0.1, 0.15) is 22.3 Å². The zero-order valence-corrected chi connectivity index (χ0v) is 13.3. The highest BCUT2D eigenvalue weighted by Gasteiger charge is 2.10. The lowest BCUT2D eigenvalue weighted by molar-refractivity contribution is 0.252. The van der Waals surface area contributed by atoms with Gasteiger partial charge in [-0.25, -0.2) is 9.78 Å². The average molecular weight is 335 g/mol. The van der Waals surface area contributed by atoms with Crippen molar-refractivity contribution >= 4 is 33.8 Å². The Morgan fingerprint density at radius 3 is 3.00 bits per heavy atom. The van der Waals surface area contributed by atoms with E-state index in [2.05, 4.69) is 25.8 Å². The van der Waals surface area contributed by atoms with Gasteiger partial charge < -0.3 is 9.84 Å². The van der Waals surface area contributed by atoms with Gasteiger partial charge in [-0.05, 0) is 18.4 Å². The minimum Gasteiger partial charge on any atom is -0.339 e. The van der Waals surface area contributed by atoms with Crippen LogP contribution in [-0.4, -0.2) is 21.2 Å². The van der Waals surface area contributed by atoms with Crippen LogP contribution in [0.3, 0.4) is 0 Å². The van der Waals surface area contributed by atoms with E-state index in [9.17, 15) is 4.79 Å². The van der Waals surface area contributed by atoms with Gasteiger partial charge in [-0.15, -0.1) is 22.7 Å². The van der Waals surface area contributed by atoms with Crippen LogP contribution in [0.2, 0.25) is 0 Å². The van der Waals surface area contributed by atoms with Crippen LogP contribution in [-0.2, 0) is 13.0 Å². The first-order valence-electron chi connectivity index (χ1n) is 6.50. The highest BCUT2D eigenvalue weighted by molar-refractivity contribution is 7.14. The van der Waals surface area contributed by atoms with Crippen molar-refractivity contribution in [2.45, 2.75) is 19.9 Å². The predicted octanol–water partition coefficient (Wildman–Crippen LogP) is 2.81. The van der Waals surface area contributed by atoms with Gasteiger partial charge in [0.25, 0.3) is 0 Å². The lowest BCUT2D eigenvalue weighted by atomic mass is 10.3. The van der Waals surface area contributed by atoms with Crippen LogP contribution in [0, 0.1) is 6.92 Å². The SMILES string of the molecule is Cc1noc(Cc2csc(NC(=O)NCc3cccs3)n2)n1. The van der Waals surface area contributed by atoms with Crippen LogP contribution in [0.4, 0.5) is 9.93 Å². The molecule has 0 aliphatic heterocycles. The Bertz CT molecular complexity index is 750.